The van der Waals surface area contributed by atoms with Gasteiger partial charge in [0.1, 0.15) is 11.0 Å². The third kappa shape index (κ3) is 1.77. The van der Waals surface area contributed by atoms with Crippen molar-refractivity contribution in [1.29, 1.82) is 0 Å². The van der Waals surface area contributed by atoms with Crippen LogP contribution in [-0.4, -0.2) is 28.2 Å². The Balaban J connectivity index is 1.33. The predicted octanol–water partition coefficient (Wildman–Crippen LogP) is 4.73. The first-order chi connectivity index (χ1) is 25.8. The van der Waals surface area contributed by atoms with Crippen molar-refractivity contribution in [2.75, 3.05) is 0 Å². The van der Waals surface area contributed by atoms with Gasteiger partial charge in [0.05, 0.1) is 45.0 Å². The molecule has 4 aromatic carbocycles. The third-order valence-electron chi connectivity index (χ3n) is 13.4. The van der Waals surface area contributed by atoms with Crippen molar-refractivity contribution >= 4 is 66.2 Å². The van der Waals surface area contributed by atoms with Gasteiger partial charge in [-0.15, -0.1) is 0 Å². The zero-order chi connectivity index (χ0) is 32.7. The van der Waals surface area contributed by atoms with Gasteiger partial charge in [0.25, 0.3) is 22.1 Å². The van der Waals surface area contributed by atoms with Gasteiger partial charge in [0.15, 0.2) is 11.0 Å². The number of hydrogen-bond acceptors (Lipinski definition) is 2. The van der Waals surface area contributed by atoms with E-state index >= 15 is 0 Å². The van der Waals surface area contributed by atoms with Gasteiger partial charge in [0, 0.05) is 24.8 Å². The fourth-order valence-electron chi connectivity index (χ4n) is 11.9. The van der Waals surface area contributed by atoms with Crippen LogP contribution in [0.3, 0.4) is 0 Å². The summed E-state index contributed by atoms with van der Waals surface area (Å²) in [6, 6.07) is 35.8. The van der Waals surface area contributed by atoms with E-state index in [2.05, 4.69) is 158 Å². The molecule has 0 N–H and O–H groups in total. The second-order valence-corrected chi connectivity index (χ2v) is 15.1. The van der Waals surface area contributed by atoms with Gasteiger partial charge in [0.2, 0.25) is 0 Å². The van der Waals surface area contributed by atoms with Gasteiger partial charge < -0.3 is 0 Å². The normalized spacial score (nSPS) is 20.5. The van der Waals surface area contributed by atoms with Crippen LogP contribution in [0, 0.1) is 0 Å². The van der Waals surface area contributed by atoms with Crippen molar-refractivity contribution < 1.29 is 18.3 Å². The Morgan fingerprint density at radius 1 is 0.346 bits per heavy atom. The number of hydrogen-bond donors (Lipinski definition) is 0. The highest BCUT2D eigenvalue weighted by Crippen LogP contribution is 2.52. The Hall–Kier alpha value is -7.20. The molecule has 0 saturated heterocycles. The van der Waals surface area contributed by atoms with E-state index in [1.807, 2.05) is 0 Å². The van der Waals surface area contributed by atoms with Crippen molar-refractivity contribution in [3.8, 4) is 45.0 Å². The molecule has 2 atom stereocenters. The van der Waals surface area contributed by atoms with Crippen LogP contribution in [0.15, 0.2) is 122 Å². The first-order valence-corrected chi connectivity index (χ1v) is 17.9. The molecule has 52 heavy (non-hydrogen) atoms. The van der Waals surface area contributed by atoms with Gasteiger partial charge >= 0.3 is 33.9 Å². The average molecular weight is 665 g/mol. The Kier molecular flexibility index (Phi) is 2.92. The fraction of sp³-hybridized carbons (Fsp3) is 0.0476. The van der Waals surface area contributed by atoms with E-state index in [-0.39, 0.29) is 0 Å². The molecule has 10 heteroatoms. The molecule has 0 amide bonds. The van der Waals surface area contributed by atoms with E-state index in [4.69, 9.17) is 9.97 Å². The molecular weight excluding hydrogens is 645 g/mol. The van der Waals surface area contributed by atoms with Crippen LogP contribution >= 0.6 is 0 Å². The second-order valence-electron chi connectivity index (χ2n) is 15.1. The molecule has 0 radical (unpaired) electrons. The maximum atomic E-state index is 5.66. The van der Waals surface area contributed by atoms with Crippen LogP contribution < -0.4 is 18.3 Å². The summed E-state index contributed by atoms with van der Waals surface area (Å²) >= 11 is 0. The molecule has 13 heterocycles. The molecule has 0 fully saturated rings. The Bertz CT molecular complexity index is 3530. The molecule has 11 aromatic rings. The van der Waals surface area contributed by atoms with Crippen molar-refractivity contribution in [2.45, 2.75) is 11.8 Å². The molecule has 234 valence electrons. The molecule has 6 aliphatic heterocycles. The number of benzene rings is 4. The van der Waals surface area contributed by atoms with E-state index in [1.165, 1.54) is 67.1 Å². The van der Waals surface area contributed by atoms with E-state index in [0.29, 0.717) is 0 Å². The summed E-state index contributed by atoms with van der Waals surface area (Å²) in [6.07, 6.45) is 9.08. The number of fused-ring (bicyclic) bond motifs is 9. The lowest BCUT2D eigenvalue weighted by Crippen LogP contribution is -2.82. The van der Waals surface area contributed by atoms with Crippen LogP contribution in [0.1, 0.15) is 0 Å². The first kappa shape index (κ1) is 23.2. The van der Waals surface area contributed by atoms with Gasteiger partial charge in [-0.25, -0.2) is 28.2 Å². The van der Waals surface area contributed by atoms with Gasteiger partial charge in [-0.2, -0.15) is 0 Å². The predicted molar refractivity (Wildman–Crippen MR) is 190 cm³/mol. The summed E-state index contributed by atoms with van der Waals surface area (Å²) in [4.78, 5) is 11.3. The summed E-state index contributed by atoms with van der Waals surface area (Å²) in [6.45, 7) is 0. The Morgan fingerprint density at radius 3 is 1.12 bits per heavy atom. The highest BCUT2D eigenvalue weighted by Gasteiger charge is 2.77. The highest BCUT2D eigenvalue weighted by atomic mass is 15.6. The Labute approximate surface area is 290 Å². The number of para-hydroxylation sites is 2. The molecule has 7 aromatic heterocycles. The van der Waals surface area contributed by atoms with Gasteiger partial charge in [-0.1, -0.05) is 30.4 Å². The standard InChI is InChI=1S/C42H20N10/c1-7-21-27-11-3-17-45(27)41-47-19-5-13-29(47)23-15-16-24-30-14-6-20-48(30)42-46-18-4-12-28(46)22-8-2-10-26-34(22)50(42)38-32(44-26)31-37(49(41)33(21)25(9-1)43-31)39-40(38)52(42)36(24)35(23)51(39)41/h1-20H/q+4/t41-,42+. The van der Waals surface area contributed by atoms with E-state index in [1.54, 1.807) is 0 Å². The summed E-state index contributed by atoms with van der Waals surface area (Å²) in [7, 11) is 0. The minimum absolute atomic E-state index is 0.811. The van der Waals surface area contributed by atoms with Crippen molar-refractivity contribution in [3.05, 3.63) is 122 Å². The lowest BCUT2D eigenvalue weighted by Gasteiger charge is -2.34. The maximum Gasteiger partial charge on any atom is 0.554 e. The number of aromatic nitrogens is 10. The lowest BCUT2D eigenvalue weighted by atomic mass is 9.98. The van der Waals surface area contributed by atoms with E-state index < -0.39 is 11.8 Å². The zero-order valence-corrected chi connectivity index (χ0v) is 27.0. The molecule has 17 rings (SSSR count). The molecule has 6 aliphatic rings. The van der Waals surface area contributed by atoms with Crippen LogP contribution in [0.4, 0.5) is 0 Å². The van der Waals surface area contributed by atoms with Crippen molar-refractivity contribution in [2.24, 2.45) is 0 Å². The molecule has 0 unspecified atom stereocenters. The number of nitrogens with zero attached hydrogens (tertiary/aromatic N) is 10. The summed E-state index contributed by atoms with van der Waals surface area (Å²) in [5.74, 6) is -1.62. The first-order valence-electron chi connectivity index (χ1n) is 17.9. The van der Waals surface area contributed by atoms with Crippen LogP contribution in [0.25, 0.3) is 111 Å². The van der Waals surface area contributed by atoms with Crippen molar-refractivity contribution in [3.63, 3.8) is 0 Å². The lowest BCUT2D eigenvalue weighted by molar-refractivity contribution is -0.967. The average Bonchev–Trinajstić information content (AvgIpc) is 4.02. The molecule has 10 nitrogen and oxygen atoms in total. The van der Waals surface area contributed by atoms with Crippen molar-refractivity contribution in [1.82, 2.24) is 28.2 Å². The number of rotatable bonds is 0. The minimum Gasteiger partial charge on any atom is -0.232 e. The van der Waals surface area contributed by atoms with E-state index in [0.717, 1.165) is 44.1 Å². The van der Waals surface area contributed by atoms with E-state index in [9.17, 15) is 0 Å². The summed E-state index contributed by atoms with van der Waals surface area (Å²) < 4.78 is 20.6. The topological polar surface area (TPSA) is 61.0 Å². The minimum atomic E-state index is -0.811. The monoisotopic (exact) mass is 664 g/mol. The fourth-order valence-corrected chi connectivity index (χ4v) is 11.9. The van der Waals surface area contributed by atoms with Gasteiger partial charge in [-0.05, 0) is 84.9 Å². The third-order valence-corrected chi connectivity index (χ3v) is 13.4. The Morgan fingerprint density at radius 2 is 0.712 bits per heavy atom. The van der Waals surface area contributed by atoms with Crippen LogP contribution in [0.5, 0.6) is 0 Å². The smallest absolute Gasteiger partial charge is 0.232 e. The van der Waals surface area contributed by atoms with Gasteiger partial charge in [-0.3, -0.25) is 0 Å². The SMILES string of the molecule is c1cc2c3c(c1)nc1c4nc5cccc6c5[n+]5c4c4c7c1[n+]3[C@]1(n3cccc3-2)n2cccc2-c2ccc3c(c2[n+]71)[n+]4[C@]5(n1cccc1-6)n1cccc1-3. The molecule has 0 aliphatic carbocycles. The quantitative estimate of drug-likeness (QED) is 0.134. The molecule has 0 bridgehead atoms. The highest BCUT2D eigenvalue weighted by molar-refractivity contribution is 6.18. The van der Waals surface area contributed by atoms with Crippen LogP contribution in [-0.2, 0) is 11.8 Å². The van der Waals surface area contributed by atoms with Crippen LogP contribution in [0.2, 0.25) is 0 Å². The largest absolute Gasteiger partial charge is 0.554 e. The molecule has 0 saturated carbocycles. The summed E-state index contributed by atoms with van der Waals surface area (Å²) in [5, 5.41) is 0. The second kappa shape index (κ2) is 6.54. The molecular formula is C42H20N10+4. The zero-order valence-electron chi connectivity index (χ0n) is 27.0. The molecule has 2 spiro atoms. The summed E-state index contributed by atoms with van der Waals surface area (Å²) in [5.41, 5.74) is 22.7. The maximum absolute atomic E-state index is 5.66.